The van der Waals surface area contributed by atoms with Crippen molar-refractivity contribution in [3.8, 4) is 5.75 Å². The van der Waals surface area contributed by atoms with Gasteiger partial charge in [-0.05, 0) is 31.9 Å². The summed E-state index contributed by atoms with van der Waals surface area (Å²) in [5, 5.41) is 3.56. The molecular weight excluding hydrogens is 198 g/mol. The van der Waals surface area contributed by atoms with Gasteiger partial charge in [-0.1, -0.05) is 31.0 Å². The molecule has 0 unspecified atom stereocenters. The first-order valence-electron chi connectivity index (χ1n) is 6.17. The summed E-state index contributed by atoms with van der Waals surface area (Å²) in [4.78, 5) is 0. The average Bonchev–Trinajstić information content (AvgIpc) is 3.13. The molecule has 1 N–H and O–H groups in total. The van der Waals surface area contributed by atoms with Crippen LogP contribution in [0.2, 0.25) is 0 Å². The number of nitrogens with one attached hydrogen (secondary N) is 1. The monoisotopic (exact) mass is 219 g/mol. The second kappa shape index (κ2) is 5.35. The standard InChI is InChI=1S/C14H21NO/c1-11(15-10-9-12-7-8-12)13-5-3-4-6-14(13)16-2/h3-6,11-12,15H,7-10H2,1-2H3/t11-/m0/s1. The van der Waals surface area contributed by atoms with Crippen LogP contribution in [0.1, 0.15) is 37.8 Å². The zero-order valence-corrected chi connectivity index (χ0v) is 10.2. The molecule has 1 fully saturated rings. The van der Waals surface area contributed by atoms with E-state index >= 15 is 0 Å². The van der Waals surface area contributed by atoms with E-state index in [1.54, 1.807) is 7.11 Å². The van der Waals surface area contributed by atoms with Gasteiger partial charge in [-0.3, -0.25) is 0 Å². The molecule has 2 rings (SSSR count). The highest BCUT2D eigenvalue weighted by Crippen LogP contribution is 2.32. The van der Waals surface area contributed by atoms with Crippen molar-refractivity contribution in [3.63, 3.8) is 0 Å². The van der Waals surface area contributed by atoms with E-state index in [4.69, 9.17) is 4.74 Å². The number of rotatable bonds is 6. The van der Waals surface area contributed by atoms with Crippen LogP contribution in [-0.4, -0.2) is 13.7 Å². The van der Waals surface area contributed by atoms with E-state index < -0.39 is 0 Å². The van der Waals surface area contributed by atoms with Gasteiger partial charge in [-0.25, -0.2) is 0 Å². The topological polar surface area (TPSA) is 21.3 Å². The van der Waals surface area contributed by atoms with Gasteiger partial charge in [0.25, 0.3) is 0 Å². The smallest absolute Gasteiger partial charge is 0.123 e. The van der Waals surface area contributed by atoms with Crippen LogP contribution < -0.4 is 10.1 Å². The Labute approximate surface area is 98.0 Å². The van der Waals surface area contributed by atoms with Crippen molar-refractivity contribution in [2.75, 3.05) is 13.7 Å². The molecule has 1 aliphatic carbocycles. The Bertz CT molecular complexity index is 333. The van der Waals surface area contributed by atoms with Gasteiger partial charge in [0.15, 0.2) is 0 Å². The van der Waals surface area contributed by atoms with Crippen molar-refractivity contribution in [2.45, 2.75) is 32.2 Å². The van der Waals surface area contributed by atoms with Gasteiger partial charge in [0.2, 0.25) is 0 Å². The Kier molecular flexibility index (Phi) is 3.83. The minimum atomic E-state index is 0.370. The van der Waals surface area contributed by atoms with Gasteiger partial charge in [0, 0.05) is 11.6 Å². The normalized spacial score (nSPS) is 17.1. The van der Waals surface area contributed by atoms with Crippen molar-refractivity contribution in [1.82, 2.24) is 5.32 Å². The second-order valence-electron chi connectivity index (χ2n) is 4.65. The van der Waals surface area contributed by atoms with Crippen LogP contribution >= 0.6 is 0 Å². The number of para-hydroxylation sites is 1. The number of hydrogen-bond donors (Lipinski definition) is 1. The Balaban J connectivity index is 1.87. The average molecular weight is 219 g/mol. The molecule has 16 heavy (non-hydrogen) atoms. The predicted octanol–water partition coefficient (Wildman–Crippen LogP) is 3.15. The lowest BCUT2D eigenvalue weighted by atomic mass is 10.1. The maximum absolute atomic E-state index is 5.37. The van der Waals surface area contributed by atoms with E-state index in [0.29, 0.717) is 6.04 Å². The third-order valence-electron chi connectivity index (χ3n) is 3.31. The van der Waals surface area contributed by atoms with E-state index in [1.165, 1.54) is 24.8 Å². The summed E-state index contributed by atoms with van der Waals surface area (Å²) >= 11 is 0. The van der Waals surface area contributed by atoms with Gasteiger partial charge in [-0.2, -0.15) is 0 Å². The quantitative estimate of drug-likeness (QED) is 0.793. The molecule has 1 aromatic carbocycles. The first kappa shape index (κ1) is 11.5. The maximum Gasteiger partial charge on any atom is 0.123 e. The van der Waals surface area contributed by atoms with Crippen molar-refractivity contribution >= 4 is 0 Å². The number of benzene rings is 1. The Morgan fingerprint density at radius 1 is 1.38 bits per heavy atom. The zero-order valence-electron chi connectivity index (χ0n) is 10.2. The summed E-state index contributed by atoms with van der Waals surface area (Å²) in [6.45, 7) is 3.31. The minimum absolute atomic E-state index is 0.370. The highest BCUT2D eigenvalue weighted by molar-refractivity contribution is 5.35. The lowest BCUT2D eigenvalue weighted by molar-refractivity contribution is 0.401. The van der Waals surface area contributed by atoms with Crippen LogP contribution in [0.25, 0.3) is 0 Å². The number of ether oxygens (including phenoxy) is 1. The molecular formula is C14H21NO. The fourth-order valence-corrected chi connectivity index (χ4v) is 2.04. The van der Waals surface area contributed by atoms with Crippen molar-refractivity contribution in [2.24, 2.45) is 5.92 Å². The van der Waals surface area contributed by atoms with Gasteiger partial charge in [-0.15, -0.1) is 0 Å². The van der Waals surface area contributed by atoms with E-state index in [2.05, 4.69) is 24.4 Å². The molecule has 1 aliphatic rings. The molecule has 0 spiro atoms. The minimum Gasteiger partial charge on any atom is -0.496 e. The Hall–Kier alpha value is -1.02. The molecule has 2 heteroatoms. The van der Waals surface area contributed by atoms with Gasteiger partial charge in [0.1, 0.15) is 5.75 Å². The summed E-state index contributed by atoms with van der Waals surface area (Å²) in [5.41, 5.74) is 1.25. The largest absolute Gasteiger partial charge is 0.496 e. The summed E-state index contributed by atoms with van der Waals surface area (Å²) in [7, 11) is 1.73. The maximum atomic E-state index is 5.37. The zero-order chi connectivity index (χ0) is 11.4. The van der Waals surface area contributed by atoms with Crippen LogP contribution in [0.15, 0.2) is 24.3 Å². The molecule has 1 aromatic rings. The molecule has 0 amide bonds. The molecule has 2 nitrogen and oxygen atoms in total. The van der Waals surface area contributed by atoms with Gasteiger partial charge < -0.3 is 10.1 Å². The van der Waals surface area contributed by atoms with Crippen molar-refractivity contribution < 1.29 is 4.74 Å². The Morgan fingerprint density at radius 3 is 2.81 bits per heavy atom. The summed E-state index contributed by atoms with van der Waals surface area (Å²) in [5.74, 6) is 1.98. The SMILES string of the molecule is COc1ccccc1[C@H](C)NCCC1CC1. The number of hydrogen-bond acceptors (Lipinski definition) is 2. The van der Waals surface area contributed by atoms with Gasteiger partial charge in [0.05, 0.1) is 7.11 Å². The molecule has 88 valence electrons. The van der Waals surface area contributed by atoms with Crippen LogP contribution in [-0.2, 0) is 0 Å². The molecule has 0 saturated heterocycles. The molecule has 1 atom stereocenters. The summed E-state index contributed by atoms with van der Waals surface area (Å²) in [6.07, 6.45) is 4.19. The molecule has 0 aromatic heterocycles. The van der Waals surface area contributed by atoms with Crippen LogP contribution in [0.5, 0.6) is 5.75 Å². The summed E-state index contributed by atoms with van der Waals surface area (Å²) < 4.78 is 5.37. The lowest BCUT2D eigenvalue weighted by Crippen LogP contribution is -2.20. The fourth-order valence-electron chi connectivity index (χ4n) is 2.04. The first-order chi connectivity index (χ1) is 7.81. The third-order valence-corrected chi connectivity index (χ3v) is 3.31. The summed E-state index contributed by atoms with van der Waals surface area (Å²) in [6, 6.07) is 8.60. The molecule has 0 bridgehead atoms. The number of methoxy groups -OCH3 is 1. The van der Waals surface area contributed by atoms with Crippen LogP contribution in [0, 0.1) is 5.92 Å². The molecule has 0 heterocycles. The molecule has 1 saturated carbocycles. The highest BCUT2D eigenvalue weighted by Gasteiger charge is 2.20. The van der Waals surface area contributed by atoms with Crippen LogP contribution in [0.4, 0.5) is 0 Å². The van der Waals surface area contributed by atoms with Crippen LogP contribution in [0.3, 0.4) is 0 Å². The van der Waals surface area contributed by atoms with E-state index in [0.717, 1.165) is 18.2 Å². The first-order valence-corrected chi connectivity index (χ1v) is 6.17. The fraction of sp³-hybridized carbons (Fsp3) is 0.571. The highest BCUT2D eigenvalue weighted by atomic mass is 16.5. The van der Waals surface area contributed by atoms with Crippen molar-refractivity contribution in [3.05, 3.63) is 29.8 Å². The second-order valence-corrected chi connectivity index (χ2v) is 4.65. The lowest BCUT2D eigenvalue weighted by Gasteiger charge is -2.17. The molecule has 0 radical (unpaired) electrons. The Morgan fingerprint density at radius 2 is 2.12 bits per heavy atom. The third kappa shape index (κ3) is 2.99. The van der Waals surface area contributed by atoms with E-state index in [1.807, 2.05) is 12.1 Å². The predicted molar refractivity (Wildman–Crippen MR) is 66.8 cm³/mol. The van der Waals surface area contributed by atoms with Crippen molar-refractivity contribution in [1.29, 1.82) is 0 Å². The van der Waals surface area contributed by atoms with E-state index in [-0.39, 0.29) is 0 Å². The molecule has 0 aliphatic heterocycles. The van der Waals surface area contributed by atoms with E-state index in [9.17, 15) is 0 Å². The van der Waals surface area contributed by atoms with Gasteiger partial charge >= 0.3 is 0 Å².